The number of esters is 1. The molecule has 0 saturated carbocycles. The summed E-state index contributed by atoms with van der Waals surface area (Å²) in [6, 6.07) is 22.3. The quantitative estimate of drug-likeness (QED) is 0.492. The number of carbonyl (C=O) groups is 2. The van der Waals surface area contributed by atoms with Crippen LogP contribution in [0, 0.1) is 13.8 Å². The Bertz CT molecular complexity index is 964. The van der Waals surface area contributed by atoms with Crippen molar-refractivity contribution in [2.24, 2.45) is 0 Å². The van der Waals surface area contributed by atoms with Gasteiger partial charge >= 0.3 is 5.97 Å². The molecule has 1 N–H and O–H groups in total. The largest absolute Gasteiger partial charge is 0.454 e. The van der Waals surface area contributed by atoms with Crippen LogP contribution in [0.1, 0.15) is 31.8 Å². The van der Waals surface area contributed by atoms with Crippen LogP contribution in [0.3, 0.4) is 0 Å². The van der Waals surface area contributed by atoms with E-state index in [2.05, 4.69) is 5.32 Å². The average Bonchev–Trinajstić information content (AvgIpc) is 2.69. The smallest absolute Gasteiger partial charge is 0.340 e. The van der Waals surface area contributed by atoms with E-state index in [1.807, 2.05) is 68.4 Å². The third kappa shape index (κ3) is 4.61. The van der Waals surface area contributed by atoms with Crippen LogP contribution >= 0.6 is 0 Å². The van der Waals surface area contributed by atoms with Gasteiger partial charge < -0.3 is 10.1 Å². The normalized spacial score (nSPS) is 10.3. The summed E-state index contributed by atoms with van der Waals surface area (Å²) < 4.78 is 5.29. The van der Waals surface area contributed by atoms with Gasteiger partial charge in [-0.25, -0.2) is 4.79 Å². The van der Waals surface area contributed by atoms with Gasteiger partial charge in [0.15, 0.2) is 6.61 Å². The maximum Gasteiger partial charge on any atom is 0.340 e. The number of hydrogen-bond donors (Lipinski definition) is 1. The molecule has 136 valence electrons. The Morgan fingerprint density at radius 3 is 2.33 bits per heavy atom. The van der Waals surface area contributed by atoms with Gasteiger partial charge in [-0.15, -0.1) is 0 Å². The van der Waals surface area contributed by atoms with E-state index in [9.17, 15) is 9.59 Å². The Labute approximate surface area is 158 Å². The molecule has 3 rings (SSSR count). The first-order chi connectivity index (χ1) is 13.0. The van der Waals surface area contributed by atoms with Crippen LogP contribution in [0.2, 0.25) is 0 Å². The fourth-order valence-electron chi connectivity index (χ4n) is 2.77. The highest BCUT2D eigenvalue weighted by Gasteiger charge is 2.16. The van der Waals surface area contributed by atoms with Crippen LogP contribution in [0.25, 0.3) is 0 Å². The lowest BCUT2D eigenvalue weighted by atomic mass is 10.0. The lowest BCUT2D eigenvalue weighted by molar-refractivity contribution is 0.0475. The number of para-hydroxylation sites is 2. The minimum atomic E-state index is -0.535. The maximum absolute atomic E-state index is 12.5. The fraction of sp³-hybridized carbons (Fsp3) is 0.130. The lowest BCUT2D eigenvalue weighted by Crippen LogP contribution is -2.16. The number of anilines is 2. The van der Waals surface area contributed by atoms with E-state index in [4.69, 9.17) is 4.74 Å². The van der Waals surface area contributed by atoms with E-state index in [1.165, 1.54) is 0 Å². The summed E-state index contributed by atoms with van der Waals surface area (Å²) in [5.41, 5.74) is 4.33. The van der Waals surface area contributed by atoms with E-state index >= 15 is 0 Å². The van der Waals surface area contributed by atoms with Crippen LogP contribution < -0.4 is 5.32 Å². The molecule has 0 bridgehead atoms. The number of carbonyl (C=O) groups excluding carboxylic acids is 2. The molecule has 4 heteroatoms. The monoisotopic (exact) mass is 359 g/mol. The summed E-state index contributed by atoms with van der Waals surface area (Å²) in [4.78, 5) is 25.0. The third-order valence-corrected chi connectivity index (χ3v) is 4.23. The van der Waals surface area contributed by atoms with Crippen LogP contribution in [-0.2, 0) is 4.74 Å². The first-order valence-corrected chi connectivity index (χ1v) is 8.73. The van der Waals surface area contributed by atoms with Crippen LogP contribution in [0.15, 0.2) is 72.8 Å². The van der Waals surface area contributed by atoms with E-state index < -0.39 is 5.97 Å². The number of hydrogen-bond acceptors (Lipinski definition) is 4. The topological polar surface area (TPSA) is 55.4 Å². The molecule has 27 heavy (non-hydrogen) atoms. The first-order valence-electron chi connectivity index (χ1n) is 8.73. The van der Waals surface area contributed by atoms with Crippen molar-refractivity contribution in [3.8, 4) is 0 Å². The van der Waals surface area contributed by atoms with Crippen LogP contribution in [0.4, 0.5) is 11.4 Å². The number of ketones is 1. The predicted octanol–water partition coefficient (Wildman–Crippen LogP) is 5.09. The molecule has 0 aliphatic rings. The minimum Gasteiger partial charge on any atom is -0.454 e. The molecule has 0 unspecified atom stereocenters. The van der Waals surface area contributed by atoms with Crippen molar-refractivity contribution < 1.29 is 14.3 Å². The van der Waals surface area contributed by atoms with Crippen molar-refractivity contribution in [2.45, 2.75) is 13.8 Å². The van der Waals surface area contributed by atoms with Crippen molar-refractivity contribution in [2.75, 3.05) is 11.9 Å². The molecule has 0 radical (unpaired) electrons. The molecule has 0 saturated heterocycles. The van der Waals surface area contributed by atoms with Gasteiger partial charge in [-0.1, -0.05) is 48.0 Å². The van der Waals surface area contributed by atoms with E-state index in [0.717, 1.165) is 16.8 Å². The molecule has 0 aromatic heterocycles. The molecule has 0 atom stereocenters. The first kappa shape index (κ1) is 18.4. The minimum absolute atomic E-state index is 0.210. The van der Waals surface area contributed by atoms with E-state index in [1.54, 1.807) is 18.2 Å². The Balaban J connectivity index is 1.71. The average molecular weight is 359 g/mol. The molecule has 0 aliphatic heterocycles. The summed E-state index contributed by atoms with van der Waals surface area (Å²) in [5.74, 6) is -0.745. The lowest BCUT2D eigenvalue weighted by Gasteiger charge is -2.12. The summed E-state index contributed by atoms with van der Waals surface area (Å²) >= 11 is 0. The third-order valence-electron chi connectivity index (χ3n) is 4.23. The summed E-state index contributed by atoms with van der Waals surface area (Å²) in [6.07, 6.45) is 0. The Morgan fingerprint density at radius 2 is 1.56 bits per heavy atom. The highest BCUT2D eigenvalue weighted by molar-refractivity contribution is 6.02. The van der Waals surface area contributed by atoms with Gasteiger partial charge in [0, 0.05) is 11.3 Å². The Kier molecular flexibility index (Phi) is 5.67. The second kappa shape index (κ2) is 8.32. The SMILES string of the molecule is Cc1ccc(C)c(C(=O)COC(=O)c2ccccc2Nc2ccccc2)c1. The maximum atomic E-state index is 12.5. The number of aryl methyl sites for hydroxylation is 2. The Morgan fingerprint density at radius 1 is 0.852 bits per heavy atom. The molecule has 0 spiro atoms. The van der Waals surface area contributed by atoms with Gasteiger partial charge in [0.1, 0.15) is 0 Å². The number of benzene rings is 3. The van der Waals surface area contributed by atoms with Crippen molar-refractivity contribution in [3.63, 3.8) is 0 Å². The zero-order valence-electron chi connectivity index (χ0n) is 15.4. The molecule has 4 nitrogen and oxygen atoms in total. The van der Waals surface area contributed by atoms with Gasteiger partial charge in [-0.05, 0) is 49.7 Å². The van der Waals surface area contributed by atoms with Crippen LogP contribution in [-0.4, -0.2) is 18.4 Å². The predicted molar refractivity (Wildman–Crippen MR) is 107 cm³/mol. The number of nitrogens with one attached hydrogen (secondary N) is 1. The van der Waals surface area contributed by atoms with Gasteiger partial charge in [-0.3, -0.25) is 4.79 Å². The summed E-state index contributed by atoms with van der Waals surface area (Å²) in [6.45, 7) is 3.50. The zero-order valence-corrected chi connectivity index (χ0v) is 15.4. The van der Waals surface area contributed by atoms with Gasteiger partial charge in [-0.2, -0.15) is 0 Å². The molecule has 0 fully saturated rings. The molecule has 3 aromatic rings. The van der Waals surface area contributed by atoms with E-state index in [-0.39, 0.29) is 12.4 Å². The molecule has 0 amide bonds. The molecule has 0 aliphatic carbocycles. The fourth-order valence-corrected chi connectivity index (χ4v) is 2.77. The van der Waals surface area contributed by atoms with Gasteiger partial charge in [0.25, 0.3) is 0 Å². The second-order valence-electron chi connectivity index (χ2n) is 6.35. The van der Waals surface area contributed by atoms with Crippen molar-refractivity contribution in [3.05, 3.63) is 95.1 Å². The standard InChI is InChI=1S/C23H21NO3/c1-16-12-13-17(2)20(14-16)22(25)15-27-23(26)19-10-6-7-11-21(19)24-18-8-4-3-5-9-18/h3-14,24H,15H2,1-2H3. The highest BCUT2D eigenvalue weighted by Crippen LogP contribution is 2.21. The van der Waals surface area contributed by atoms with Crippen molar-refractivity contribution in [1.82, 2.24) is 0 Å². The summed E-state index contributed by atoms with van der Waals surface area (Å²) in [5, 5.41) is 3.20. The van der Waals surface area contributed by atoms with Crippen molar-refractivity contribution >= 4 is 23.1 Å². The number of rotatable bonds is 6. The number of ether oxygens (including phenoxy) is 1. The van der Waals surface area contributed by atoms with Gasteiger partial charge in [0.05, 0.1) is 11.3 Å². The van der Waals surface area contributed by atoms with Crippen molar-refractivity contribution in [1.29, 1.82) is 0 Å². The zero-order chi connectivity index (χ0) is 19.2. The van der Waals surface area contributed by atoms with Crippen LogP contribution in [0.5, 0.6) is 0 Å². The Hall–Kier alpha value is -3.40. The molecular formula is C23H21NO3. The molecule has 3 aromatic carbocycles. The van der Waals surface area contributed by atoms with Gasteiger partial charge in [0.2, 0.25) is 5.78 Å². The molecule has 0 heterocycles. The second-order valence-corrected chi connectivity index (χ2v) is 6.35. The highest BCUT2D eigenvalue weighted by atomic mass is 16.5. The summed E-state index contributed by atoms with van der Waals surface area (Å²) in [7, 11) is 0. The van der Waals surface area contributed by atoms with E-state index in [0.29, 0.717) is 16.8 Å². The number of Topliss-reactive ketones (excluding diaryl/α,β-unsaturated/α-hetero) is 1. The molecular weight excluding hydrogens is 338 g/mol.